The van der Waals surface area contributed by atoms with Gasteiger partial charge in [0.05, 0.1) is 5.56 Å². The highest BCUT2D eigenvalue weighted by molar-refractivity contribution is 5.28. The van der Waals surface area contributed by atoms with Crippen molar-refractivity contribution in [2.24, 2.45) is 0 Å². The van der Waals surface area contributed by atoms with Gasteiger partial charge in [0.2, 0.25) is 0 Å². The molecular formula is C16H17F3N2. The minimum Gasteiger partial charge on any atom is -0.310 e. The number of nitrogens with one attached hydrogen (secondary N) is 1. The van der Waals surface area contributed by atoms with Gasteiger partial charge in [-0.2, -0.15) is 13.2 Å². The third-order valence-electron chi connectivity index (χ3n) is 3.25. The van der Waals surface area contributed by atoms with Crippen molar-refractivity contribution in [3.63, 3.8) is 0 Å². The molecule has 1 N–H and O–H groups in total. The van der Waals surface area contributed by atoms with Gasteiger partial charge in [-0.1, -0.05) is 25.1 Å². The summed E-state index contributed by atoms with van der Waals surface area (Å²) in [6.45, 7) is 2.71. The van der Waals surface area contributed by atoms with Crippen LogP contribution in [-0.4, -0.2) is 11.5 Å². The summed E-state index contributed by atoms with van der Waals surface area (Å²) in [4.78, 5) is 4.06. The highest BCUT2D eigenvalue weighted by atomic mass is 19.4. The number of hydrogen-bond acceptors (Lipinski definition) is 2. The molecule has 0 amide bonds. The Morgan fingerprint density at radius 3 is 2.38 bits per heavy atom. The number of benzene rings is 1. The summed E-state index contributed by atoms with van der Waals surface area (Å²) >= 11 is 0. The number of aromatic nitrogens is 1. The van der Waals surface area contributed by atoms with E-state index in [1.54, 1.807) is 12.4 Å². The maximum atomic E-state index is 12.6. The molecule has 5 heteroatoms. The third-order valence-corrected chi connectivity index (χ3v) is 3.25. The lowest BCUT2D eigenvalue weighted by molar-refractivity contribution is -0.137. The molecule has 1 aromatic heterocycles. The molecule has 0 radical (unpaired) electrons. The predicted octanol–water partition coefficient (Wildman–Crippen LogP) is 3.99. The minimum atomic E-state index is -4.30. The van der Waals surface area contributed by atoms with Gasteiger partial charge >= 0.3 is 6.18 Å². The Morgan fingerprint density at radius 1 is 1.14 bits per heavy atom. The summed E-state index contributed by atoms with van der Waals surface area (Å²) in [6.07, 6.45) is -0.138. The summed E-state index contributed by atoms with van der Waals surface area (Å²) in [5, 5.41) is 3.30. The summed E-state index contributed by atoms with van der Waals surface area (Å²) in [6, 6.07) is 9.11. The Hall–Kier alpha value is -1.88. The van der Waals surface area contributed by atoms with Crippen molar-refractivity contribution in [2.75, 3.05) is 6.54 Å². The van der Waals surface area contributed by atoms with Crippen molar-refractivity contribution in [3.8, 4) is 0 Å². The van der Waals surface area contributed by atoms with Crippen molar-refractivity contribution in [3.05, 3.63) is 65.5 Å². The van der Waals surface area contributed by atoms with Gasteiger partial charge in [-0.25, -0.2) is 0 Å². The van der Waals surface area contributed by atoms with Crippen LogP contribution in [0.2, 0.25) is 0 Å². The molecule has 2 nitrogen and oxygen atoms in total. The van der Waals surface area contributed by atoms with Gasteiger partial charge in [-0.3, -0.25) is 4.98 Å². The number of rotatable bonds is 5. The maximum Gasteiger partial charge on any atom is 0.416 e. The van der Waals surface area contributed by atoms with Crippen molar-refractivity contribution < 1.29 is 13.2 Å². The van der Waals surface area contributed by atoms with E-state index in [0.717, 1.165) is 29.8 Å². The zero-order valence-electron chi connectivity index (χ0n) is 11.7. The predicted molar refractivity (Wildman–Crippen MR) is 75.8 cm³/mol. The van der Waals surface area contributed by atoms with E-state index >= 15 is 0 Å². The lowest BCUT2D eigenvalue weighted by Crippen LogP contribution is -2.23. The van der Waals surface area contributed by atoms with Gasteiger partial charge < -0.3 is 5.32 Å². The molecule has 0 aliphatic rings. The molecule has 1 heterocycles. The number of pyridine rings is 1. The van der Waals surface area contributed by atoms with Crippen LogP contribution in [0.25, 0.3) is 0 Å². The largest absolute Gasteiger partial charge is 0.416 e. The number of nitrogens with zero attached hydrogens (tertiary/aromatic N) is 1. The van der Waals surface area contributed by atoms with Gasteiger partial charge in [0.25, 0.3) is 0 Å². The molecule has 2 rings (SSSR count). The van der Waals surface area contributed by atoms with E-state index in [0.29, 0.717) is 6.42 Å². The molecule has 0 aliphatic carbocycles. The molecule has 0 saturated carbocycles. The molecule has 112 valence electrons. The molecule has 2 aromatic rings. The lowest BCUT2D eigenvalue weighted by Gasteiger charge is -2.19. The quantitative estimate of drug-likeness (QED) is 0.901. The topological polar surface area (TPSA) is 24.9 Å². The smallest absolute Gasteiger partial charge is 0.310 e. The van der Waals surface area contributed by atoms with E-state index in [1.165, 1.54) is 12.1 Å². The SMILES string of the molecule is CCNC(Cc1cccnc1)c1ccc(C(F)(F)F)cc1. The molecule has 0 fully saturated rings. The average molecular weight is 294 g/mol. The number of halogens is 3. The summed E-state index contributed by atoms with van der Waals surface area (Å²) in [7, 11) is 0. The van der Waals surface area contributed by atoms with Crippen LogP contribution in [0, 0.1) is 0 Å². The first-order chi connectivity index (χ1) is 10.0. The first-order valence-corrected chi connectivity index (χ1v) is 6.80. The van der Waals surface area contributed by atoms with Crippen LogP contribution in [0.1, 0.15) is 29.7 Å². The Labute approximate surface area is 122 Å². The van der Waals surface area contributed by atoms with Crippen molar-refractivity contribution >= 4 is 0 Å². The number of hydrogen-bond donors (Lipinski definition) is 1. The summed E-state index contributed by atoms with van der Waals surface area (Å²) in [5.74, 6) is 0. The lowest BCUT2D eigenvalue weighted by atomic mass is 9.98. The van der Waals surface area contributed by atoms with Crippen LogP contribution >= 0.6 is 0 Å². The van der Waals surface area contributed by atoms with E-state index in [4.69, 9.17) is 0 Å². The Bertz CT molecular complexity index is 550. The Kier molecular flexibility index (Phi) is 4.96. The van der Waals surface area contributed by atoms with E-state index in [1.807, 2.05) is 19.1 Å². The monoisotopic (exact) mass is 294 g/mol. The van der Waals surface area contributed by atoms with Crippen LogP contribution < -0.4 is 5.32 Å². The summed E-state index contributed by atoms with van der Waals surface area (Å²) in [5.41, 5.74) is 1.26. The van der Waals surface area contributed by atoms with Crippen LogP contribution in [0.5, 0.6) is 0 Å². The molecule has 21 heavy (non-hydrogen) atoms. The van der Waals surface area contributed by atoms with Gasteiger partial charge in [-0.05, 0) is 42.3 Å². The second-order valence-electron chi connectivity index (χ2n) is 4.80. The number of alkyl halides is 3. The highest BCUT2D eigenvalue weighted by Crippen LogP contribution is 2.30. The van der Waals surface area contributed by atoms with Gasteiger partial charge in [-0.15, -0.1) is 0 Å². The minimum absolute atomic E-state index is 0.0264. The van der Waals surface area contributed by atoms with Crippen molar-refractivity contribution in [2.45, 2.75) is 25.6 Å². The molecule has 1 unspecified atom stereocenters. The maximum absolute atomic E-state index is 12.6. The fourth-order valence-electron chi connectivity index (χ4n) is 2.21. The zero-order chi connectivity index (χ0) is 15.3. The standard InChI is InChI=1S/C16H17F3N2/c1-2-21-15(10-12-4-3-9-20-11-12)13-5-7-14(8-6-13)16(17,18)19/h3-9,11,15,21H,2,10H2,1H3. The number of likely N-dealkylation sites (N-methyl/N-ethyl adjacent to an activating group) is 1. The van der Waals surface area contributed by atoms with E-state index in [2.05, 4.69) is 10.3 Å². The van der Waals surface area contributed by atoms with E-state index in [9.17, 15) is 13.2 Å². The van der Waals surface area contributed by atoms with E-state index in [-0.39, 0.29) is 6.04 Å². The van der Waals surface area contributed by atoms with Gasteiger partial charge in [0.1, 0.15) is 0 Å². The van der Waals surface area contributed by atoms with Gasteiger partial charge in [0.15, 0.2) is 0 Å². The van der Waals surface area contributed by atoms with Crippen molar-refractivity contribution in [1.82, 2.24) is 10.3 Å². The molecule has 1 atom stereocenters. The van der Waals surface area contributed by atoms with Crippen LogP contribution in [-0.2, 0) is 12.6 Å². The Balaban J connectivity index is 2.18. The normalized spacial score (nSPS) is 13.1. The fourth-order valence-corrected chi connectivity index (χ4v) is 2.21. The molecular weight excluding hydrogens is 277 g/mol. The molecule has 0 aliphatic heterocycles. The average Bonchev–Trinajstić information content (AvgIpc) is 2.47. The first-order valence-electron chi connectivity index (χ1n) is 6.80. The first kappa shape index (κ1) is 15.5. The molecule has 0 bridgehead atoms. The second-order valence-corrected chi connectivity index (χ2v) is 4.80. The van der Waals surface area contributed by atoms with Crippen LogP contribution in [0.4, 0.5) is 13.2 Å². The third kappa shape index (κ3) is 4.29. The van der Waals surface area contributed by atoms with E-state index < -0.39 is 11.7 Å². The molecule has 0 saturated heterocycles. The second kappa shape index (κ2) is 6.72. The van der Waals surface area contributed by atoms with Crippen LogP contribution in [0.3, 0.4) is 0 Å². The van der Waals surface area contributed by atoms with Gasteiger partial charge in [0, 0.05) is 18.4 Å². The van der Waals surface area contributed by atoms with Crippen molar-refractivity contribution in [1.29, 1.82) is 0 Å². The Morgan fingerprint density at radius 2 is 1.86 bits per heavy atom. The highest BCUT2D eigenvalue weighted by Gasteiger charge is 2.30. The fraction of sp³-hybridized carbons (Fsp3) is 0.312. The summed E-state index contributed by atoms with van der Waals surface area (Å²) < 4.78 is 37.8. The van der Waals surface area contributed by atoms with Crippen LogP contribution in [0.15, 0.2) is 48.8 Å². The molecule has 0 spiro atoms. The zero-order valence-corrected chi connectivity index (χ0v) is 11.7. The molecule has 1 aromatic carbocycles.